The normalized spacial score (nSPS) is 14.8. The molecule has 0 saturated carbocycles. The summed E-state index contributed by atoms with van der Waals surface area (Å²) in [6.07, 6.45) is 3.66. The molecule has 0 atom stereocenters. The number of benzene rings is 2. The van der Waals surface area contributed by atoms with Gasteiger partial charge in [0, 0.05) is 11.4 Å². The number of halogens is 2. The van der Waals surface area contributed by atoms with Gasteiger partial charge in [-0.2, -0.15) is 8.78 Å². The number of piperidine rings is 1. The second kappa shape index (κ2) is 10.2. The van der Waals surface area contributed by atoms with E-state index in [0.717, 1.165) is 35.5 Å². The molecule has 0 unspecified atom stereocenters. The largest absolute Gasteiger partial charge is 0.435 e. The predicted octanol–water partition coefficient (Wildman–Crippen LogP) is 5.46. The monoisotopic (exact) mass is 444 g/mol. The molecule has 2 heterocycles. The highest BCUT2D eigenvalue weighted by molar-refractivity contribution is 7.98. The summed E-state index contributed by atoms with van der Waals surface area (Å²) in [6.45, 7) is 2.09. The van der Waals surface area contributed by atoms with E-state index in [1.54, 1.807) is 36.0 Å². The van der Waals surface area contributed by atoms with Crippen molar-refractivity contribution in [1.82, 2.24) is 19.7 Å². The molecule has 1 aliphatic heterocycles. The smallest absolute Gasteiger partial charge is 0.387 e. The fourth-order valence-electron chi connectivity index (χ4n) is 3.76. The molecule has 31 heavy (non-hydrogen) atoms. The number of rotatable bonds is 8. The van der Waals surface area contributed by atoms with Crippen LogP contribution in [0, 0.1) is 6.92 Å². The summed E-state index contributed by atoms with van der Waals surface area (Å²) in [7, 11) is 0. The van der Waals surface area contributed by atoms with Crippen molar-refractivity contribution in [1.29, 1.82) is 0 Å². The fraction of sp³-hybridized carbons (Fsp3) is 0.391. The summed E-state index contributed by atoms with van der Waals surface area (Å²) in [4.78, 5) is 2.40. The van der Waals surface area contributed by atoms with Crippen LogP contribution in [0.15, 0.2) is 53.7 Å². The molecule has 8 heteroatoms. The quantitative estimate of drug-likeness (QED) is 0.432. The van der Waals surface area contributed by atoms with Gasteiger partial charge >= 0.3 is 6.61 Å². The second-order valence-electron chi connectivity index (χ2n) is 7.66. The van der Waals surface area contributed by atoms with E-state index in [1.807, 2.05) is 16.7 Å². The van der Waals surface area contributed by atoms with Gasteiger partial charge in [-0.15, -0.1) is 10.2 Å². The number of aryl methyl sites for hydroxylation is 1. The van der Waals surface area contributed by atoms with Crippen LogP contribution in [-0.2, 0) is 12.3 Å². The van der Waals surface area contributed by atoms with Gasteiger partial charge in [-0.05, 0) is 68.2 Å². The minimum Gasteiger partial charge on any atom is -0.435 e. The third-order valence-electron chi connectivity index (χ3n) is 5.45. The van der Waals surface area contributed by atoms with Crippen LogP contribution in [0.5, 0.6) is 5.75 Å². The lowest BCUT2D eigenvalue weighted by molar-refractivity contribution is -0.0498. The minimum atomic E-state index is -2.84. The molecular weight excluding hydrogens is 418 g/mol. The van der Waals surface area contributed by atoms with Crippen LogP contribution >= 0.6 is 11.8 Å². The topological polar surface area (TPSA) is 43.2 Å². The molecule has 1 aliphatic rings. The van der Waals surface area contributed by atoms with Crippen molar-refractivity contribution >= 4 is 11.8 Å². The Kier molecular flexibility index (Phi) is 7.19. The molecule has 1 saturated heterocycles. The number of likely N-dealkylation sites (tertiary alicyclic amines) is 1. The summed E-state index contributed by atoms with van der Waals surface area (Å²) >= 11 is 1.63. The van der Waals surface area contributed by atoms with Crippen molar-refractivity contribution < 1.29 is 13.5 Å². The molecule has 0 aliphatic carbocycles. The van der Waals surface area contributed by atoms with Gasteiger partial charge in [0.15, 0.2) is 11.0 Å². The van der Waals surface area contributed by atoms with Gasteiger partial charge in [0.2, 0.25) is 0 Å². The molecule has 0 N–H and O–H groups in total. The Balaban J connectivity index is 1.60. The van der Waals surface area contributed by atoms with Crippen LogP contribution in [0.25, 0.3) is 5.69 Å². The third-order valence-corrected chi connectivity index (χ3v) is 6.43. The maximum absolute atomic E-state index is 12.5. The fourth-order valence-corrected chi connectivity index (χ4v) is 4.81. The van der Waals surface area contributed by atoms with Crippen LogP contribution in [0.4, 0.5) is 8.78 Å². The van der Waals surface area contributed by atoms with E-state index in [4.69, 9.17) is 0 Å². The Labute approximate surface area is 185 Å². The first-order chi connectivity index (χ1) is 15.1. The van der Waals surface area contributed by atoms with Crippen LogP contribution < -0.4 is 4.74 Å². The van der Waals surface area contributed by atoms with Gasteiger partial charge in [0.05, 0.1) is 6.54 Å². The number of aromatic nitrogens is 3. The first-order valence-electron chi connectivity index (χ1n) is 10.5. The standard InChI is InChI=1S/C23H26F2N4OS/c1-17-7-3-4-8-18(17)16-31-23-27-26-21(15-28-13-5-2-6-14-28)29(23)19-9-11-20(12-10-19)30-22(24)25/h3-4,7-12,22H,2,5-6,13-16H2,1H3. The van der Waals surface area contributed by atoms with E-state index < -0.39 is 6.61 Å². The van der Waals surface area contributed by atoms with E-state index in [1.165, 1.54) is 30.4 Å². The molecular formula is C23H26F2N4OS. The average molecular weight is 445 g/mol. The first kappa shape index (κ1) is 21.8. The lowest BCUT2D eigenvalue weighted by Crippen LogP contribution is -2.30. The van der Waals surface area contributed by atoms with E-state index in [0.29, 0.717) is 6.54 Å². The molecule has 4 rings (SSSR count). The Morgan fingerprint density at radius 3 is 2.45 bits per heavy atom. The molecule has 0 amide bonds. The van der Waals surface area contributed by atoms with Gasteiger partial charge in [-0.25, -0.2) is 0 Å². The number of nitrogens with zero attached hydrogens (tertiary/aromatic N) is 4. The number of thioether (sulfide) groups is 1. The minimum absolute atomic E-state index is 0.138. The van der Waals surface area contributed by atoms with Gasteiger partial charge in [-0.3, -0.25) is 9.47 Å². The SMILES string of the molecule is Cc1ccccc1CSc1nnc(CN2CCCCC2)n1-c1ccc(OC(F)F)cc1. The van der Waals surface area contributed by atoms with E-state index in [9.17, 15) is 8.78 Å². The number of hydrogen-bond acceptors (Lipinski definition) is 5. The van der Waals surface area contributed by atoms with E-state index >= 15 is 0 Å². The summed E-state index contributed by atoms with van der Waals surface area (Å²) in [5.41, 5.74) is 3.33. The van der Waals surface area contributed by atoms with Crippen molar-refractivity contribution in [3.63, 3.8) is 0 Å². The van der Waals surface area contributed by atoms with E-state index in [2.05, 4.69) is 38.9 Å². The number of hydrogen-bond donors (Lipinski definition) is 0. The average Bonchev–Trinajstić information content (AvgIpc) is 3.16. The summed E-state index contributed by atoms with van der Waals surface area (Å²) in [5, 5.41) is 9.75. The molecule has 3 aromatic rings. The maximum atomic E-state index is 12.5. The highest BCUT2D eigenvalue weighted by Gasteiger charge is 2.19. The molecule has 0 bridgehead atoms. The van der Waals surface area contributed by atoms with Gasteiger partial charge < -0.3 is 4.74 Å². The zero-order chi connectivity index (χ0) is 21.6. The molecule has 5 nitrogen and oxygen atoms in total. The molecule has 1 aromatic heterocycles. The van der Waals surface area contributed by atoms with E-state index in [-0.39, 0.29) is 5.75 Å². The Bertz CT molecular complexity index is 987. The number of ether oxygens (including phenoxy) is 1. The summed E-state index contributed by atoms with van der Waals surface area (Å²) < 4.78 is 31.6. The highest BCUT2D eigenvalue weighted by Crippen LogP contribution is 2.28. The first-order valence-corrected chi connectivity index (χ1v) is 11.5. The van der Waals surface area contributed by atoms with Crippen LogP contribution in [0.2, 0.25) is 0 Å². The third kappa shape index (κ3) is 5.62. The zero-order valence-electron chi connectivity index (χ0n) is 17.5. The van der Waals surface area contributed by atoms with Crippen molar-refractivity contribution in [2.45, 2.75) is 50.3 Å². The van der Waals surface area contributed by atoms with Crippen LogP contribution in [-0.4, -0.2) is 39.4 Å². The summed E-state index contributed by atoms with van der Waals surface area (Å²) in [5.74, 6) is 1.77. The summed E-state index contributed by atoms with van der Waals surface area (Å²) in [6, 6.07) is 15.0. The molecule has 0 spiro atoms. The Hall–Kier alpha value is -2.45. The maximum Gasteiger partial charge on any atom is 0.387 e. The van der Waals surface area contributed by atoms with Gasteiger partial charge in [0.1, 0.15) is 5.75 Å². The lowest BCUT2D eigenvalue weighted by atomic mass is 10.1. The van der Waals surface area contributed by atoms with Gasteiger partial charge in [-0.1, -0.05) is 42.4 Å². The molecule has 2 aromatic carbocycles. The van der Waals surface area contributed by atoms with Crippen LogP contribution in [0.3, 0.4) is 0 Å². The van der Waals surface area contributed by atoms with Crippen molar-refractivity contribution in [2.75, 3.05) is 13.1 Å². The van der Waals surface area contributed by atoms with Crippen molar-refractivity contribution in [3.05, 3.63) is 65.5 Å². The molecule has 1 fully saturated rings. The van der Waals surface area contributed by atoms with Crippen molar-refractivity contribution in [3.8, 4) is 11.4 Å². The number of alkyl halides is 2. The molecule has 0 radical (unpaired) electrons. The zero-order valence-corrected chi connectivity index (χ0v) is 18.3. The lowest BCUT2D eigenvalue weighted by Gasteiger charge is -2.26. The van der Waals surface area contributed by atoms with Crippen LogP contribution in [0.1, 0.15) is 36.2 Å². The van der Waals surface area contributed by atoms with Crippen molar-refractivity contribution in [2.24, 2.45) is 0 Å². The van der Waals surface area contributed by atoms with Gasteiger partial charge in [0.25, 0.3) is 0 Å². The highest BCUT2D eigenvalue weighted by atomic mass is 32.2. The molecule has 164 valence electrons. The second-order valence-corrected chi connectivity index (χ2v) is 8.60. The Morgan fingerprint density at radius 2 is 1.74 bits per heavy atom. The Morgan fingerprint density at radius 1 is 1.00 bits per heavy atom. The predicted molar refractivity (Wildman–Crippen MR) is 118 cm³/mol.